The molecule has 1 aromatic heterocycles. The average Bonchev–Trinajstić information content (AvgIpc) is 2.83. The van der Waals surface area contributed by atoms with Gasteiger partial charge in [-0.3, -0.25) is 5.10 Å². The highest BCUT2D eigenvalue weighted by atomic mass is 16.5. The van der Waals surface area contributed by atoms with Crippen LogP contribution in [0.5, 0.6) is 5.75 Å². The third kappa shape index (κ3) is 2.20. The van der Waals surface area contributed by atoms with Gasteiger partial charge in [-0.05, 0) is 6.92 Å². The fourth-order valence-corrected chi connectivity index (χ4v) is 1.66. The lowest BCUT2D eigenvalue weighted by Crippen LogP contribution is -2.06. The van der Waals surface area contributed by atoms with E-state index in [1.54, 1.807) is 6.92 Å². The van der Waals surface area contributed by atoms with E-state index < -0.39 is 5.97 Å². The summed E-state index contributed by atoms with van der Waals surface area (Å²) in [5, 5.41) is 6.77. The Labute approximate surface area is 105 Å². The van der Waals surface area contributed by atoms with Crippen molar-refractivity contribution < 1.29 is 14.3 Å². The van der Waals surface area contributed by atoms with Crippen molar-refractivity contribution >= 4 is 5.97 Å². The first kappa shape index (κ1) is 12.2. The molecule has 0 saturated carbocycles. The van der Waals surface area contributed by atoms with Crippen LogP contribution in [-0.4, -0.2) is 29.9 Å². The summed E-state index contributed by atoms with van der Waals surface area (Å²) in [6, 6.07) is 9.50. The van der Waals surface area contributed by atoms with Crippen LogP contribution in [0.25, 0.3) is 11.3 Å². The van der Waals surface area contributed by atoms with Crippen molar-refractivity contribution in [3.05, 3.63) is 36.0 Å². The average molecular weight is 246 g/mol. The molecule has 0 saturated heterocycles. The van der Waals surface area contributed by atoms with E-state index in [1.807, 2.05) is 30.3 Å². The van der Waals surface area contributed by atoms with E-state index in [1.165, 1.54) is 7.11 Å². The third-order valence-electron chi connectivity index (χ3n) is 2.45. The molecular weight excluding hydrogens is 232 g/mol. The molecule has 0 aliphatic carbocycles. The van der Waals surface area contributed by atoms with Crippen LogP contribution < -0.4 is 4.74 Å². The lowest BCUT2D eigenvalue weighted by Gasteiger charge is -2.04. The molecular formula is C13H14N2O3. The molecule has 94 valence electrons. The molecule has 0 radical (unpaired) electrons. The van der Waals surface area contributed by atoms with E-state index in [0.29, 0.717) is 18.1 Å². The minimum absolute atomic E-state index is 0.234. The van der Waals surface area contributed by atoms with Crippen LogP contribution in [0, 0.1) is 0 Å². The van der Waals surface area contributed by atoms with Gasteiger partial charge < -0.3 is 9.47 Å². The van der Waals surface area contributed by atoms with Crippen LogP contribution in [0.2, 0.25) is 0 Å². The van der Waals surface area contributed by atoms with E-state index in [9.17, 15) is 4.79 Å². The maximum atomic E-state index is 11.7. The number of ether oxygens (including phenoxy) is 2. The van der Waals surface area contributed by atoms with E-state index in [-0.39, 0.29) is 5.69 Å². The summed E-state index contributed by atoms with van der Waals surface area (Å²) in [6.07, 6.45) is 0. The summed E-state index contributed by atoms with van der Waals surface area (Å²) in [5.74, 6) is -0.0660. The van der Waals surface area contributed by atoms with E-state index in [2.05, 4.69) is 10.2 Å². The molecule has 0 unspecified atom stereocenters. The first-order valence-corrected chi connectivity index (χ1v) is 5.62. The van der Waals surface area contributed by atoms with Gasteiger partial charge >= 0.3 is 5.97 Å². The fourth-order valence-electron chi connectivity index (χ4n) is 1.66. The zero-order valence-corrected chi connectivity index (χ0v) is 10.3. The standard InChI is InChI=1S/C13H14N2O3/c1-3-18-13(16)11-12(17-2)10(14-15-11)9-7-5-4-6-8-9/h4-8H,3H2,1-2H3,(H,14,15). The Morgan fingerprint density at radius 3 is 2.67 bits per heavy atom. The summed E-state index contributed by atoms with van der Waals surface area (Å²) in [7, 11) is 1.50. The van der Waals surface area contributed by atoms with Crippen LogP contribution in [-0.2, 0) is 4.74 Å². The van der Waals surface area contributed by atoms with Gasteiger partial charge in [-0.25, -0.2) is 4.79 Å². The summed E-state index contributed by atoms with van der Waals surface area (Å²) in [5.41, 5.74) is 1.71. The van der Waals surface area contributed by atoms with Crippen LogP contribution in [0.3, 0.4) is 0 Å². The second-order valence-electron chi connectivity index (χ2n) is 3.57. The normalized spacial score (nSPS) is 10.1. The Balaban J connectivity index is 2.42. The van der Waals surface area contributed by atoms with Crippen LogP contribution in [0.15, 0.2) is 30.3 Å². The number of methoxy groups -OCH3 is 1. The Kier molecular flexibility index (Phi) is 3.62. The fraction of sp³-hybridized carbons (Fsp3) is 0.231. The Hall–Kier alpha value is -2.30. The number of carbonyl (C=O) groups excluding carboxylic acids is 1. The molecule has 2 rings (SSSR count). The zero-order chi connectivity index (χ0) is 13.0. The molecule has 5 nitrogen and oxygen atoms in total. The number of hydrogen-bond acceptors (Lipinski definition) is 4. The van der Waals surface area contributed by atoms with Crippen molar-refractivity contribution in [1.29, 1.82) is 0 Å². The monoisotopic (exact) mass is 246 g/mol. The molecule has 0 fully saturated rings. The highest BCUT2D eigenvalue weighted by Gasteiger charge is 2.21. The Morgan fingerprint density at radius 2 is 2.06 bits per heavy atom. The number of nitrogens with one attached hydrogen (secondary N) is 1. The highest BCUT2D eigenvalue weighted by molar-refractivity contribution is 5.93. The quantitative estimate of drug-likeness (QED) is 0.840. The Morgan fingerprint density at radius 1 is 1.33 bits per heavy atom. The van der Waals surface area contributed by atoms with Gasteiger partial charge in [0.1, 0.15) is 5.69 Å². The van der Waals surface area contributed by atoms with Crippen molar-refractivity contribution in [3.8, 4) is 17.0 Å². The van der Waals surface area contributed by atoms with Crippen molar-refractivity contribution in [3.63, 3.8) is 0 Å². The summed E-state index contributed by atoms with van der Waals surface area (Å²) >= 11 is 0. The molecule has 0 amide bonds. The van der Waals surface area contributed by atoms with Crippen LogP contribution >= 0.6 is 0 Å². The number of esters is 1. The van der Waals surface area contributed by atoms with Crippen LogP contribution in [0.4, 0.5) is 0 Å². The smallest absolute Gasteiger partial charge is 0.360 e. The topological polar surface area (TPSA) is 64.2 Å². The van der Waals surface area contributed by atoms with E-state index in [4.69, 9.17) is 9.47 Å². The lowest BCUT2D eigenvalue weighted by molar-refractivity contribution is 0.0516. The number of benzene rings is 1. The lowest BCUT2D eigenvalue weighted by atomic mass is 10.1. The number of H-pyrrole nitrogens is 1. The van der Waals surface area contributed by atoms with Gasteiger partial charge in [0.2, 0.25) is 0 Å². The molecule has 18 heavy (non-hydrogen) atoms. The van der Waals surface area contributed by atoms with Gasteiger partial charge in [-0.15, -0.1) is 0 Å². The largest absolute Gasteiger partial charge is 0.492 e. The maximum Gasteiger partial charge on any atom is 0.360 e. The van der Waals surface area contributed by atoms with Gasteiger partial charge in [0.25, 0.3) is 0 Å². The predicted octanol–water partition coefficient (Wildman–Crippen LogP) is 2.26. The van der Waals surface area contributed by atoms with Gasteiger partial charge in [0.15, 0.2) is 11.4 Å². The molecule has 5 heteroatoms. The van der Waals surface area contributed by atoms with Crippen molar-refractivity contribution in [1.82, 2.24) is 10.2 Å². The second kappa shape index (κ2) is 5.35. The molecule has 0 aliphatic heterocycles. The molecule has 2 aromatic rings. The highest BCUT2D eigenvalue weighted by Crippen LogP contribution is 2.30. The molecule has 0 atom stereocenters. The van der Waals surface area contributed by atoms with Crippen molar-refractivity contribution in [2.75, 3.05) is 13.7 Å². The van der Waals surface area contributed by atoms with Gasteiger partial charge in [0.05, 0.1) is 13.7 Å². The molecule has 1 aromatic carbocycles. The predicted molar refractivity (Wildman–Crippen MR) is 66.5 cm³/mol. The Bertz CT molecular complexity index is 534. The maximum absolute atomic E-state index is 11.7. The molecule has 0 bridgehead atoms. The van der Waals surface area contributed by atoms with E-state index in [0.717, 1.165) is 5.56 Å². The minimum Gasteiger partial charge on any atom is -0.492 e. The number of nitrogens with zero attached hydrogens (tertiary/aromatic N) is 1. The minimum atomic E-state index is -0.468. The van der Waals surface area contributed by atoms with Gasteiger partial charge in [-0.2, -0.15) is 5.10 Å². The molecule has 0 spiro atoms. The molecule has 0 aliphatic rings. The molecule has 1 heterocycles. The van der Waals surface area contributed by atoms with Crippen LogP contribution in [0.1, 0.15) is 17.4 Å². The number of aromatic nitrogens is 2. The van der Waals surface area contributed by atoms with Gasteiger partial charge in [0, 0.05) is 5.56 Å². The number of rotatable bonds is 4. The van der Waals surface area contributed by atoms with E-state index >= 15 is 0 Å². The zero-order valence-electron chi connectivity index (χ0n) is 10.3. The summed E-state index contributed by atoms with van der Waals surface area (Å²) in [6.45, 7) is 2.06. The first-order chi connectivity index (χ1) is 8.77. The number of aromatic amines is 1. The first-order valence-electron chi connectivity index (χ1n) is 5.62. The number of carbonyl (C=O) groups is 1. The third-order valence-corrected chi connectivity index (χ3v) is 2.45. The molecule has 1 N–H and O–H groups in total. The number of hydrogen-bond donors (Lipinski definition) is 1. The second-order valence-corrected chi connectivity index (χ2v) is 3.57. The SMILES string of the molecule is CCOC(=O)c1[nH]nc(-c2ccccc2)c1OC. The summed E-state index contributed by atoms with van der Waals surface area (Å²) in [4.78, 5) is 11.7. The van der Waals surface area contributed by atoms with Gasteiger partial charge in [-0.1, -0.05) is 30.3 Å². The van der Waals surface area contributed by atoms with Crippen molar-refractivity contribution in [2.24, 2.45) is 0 Å². The summed E-state index contributed by atoms with van der Waals surface area (Å²) < 4.78 is 10.2. The van der Waals surface area contributed by atoms with Crippen molar-refractivity contribution in [2.45, 2.75) is 6.92 Å².